The Bertz CT molecular complexity index is 795. The smallest absolute Gasteiger partial charge is 0.274 e. The fourth-order valence-corrected chi connectivity index (χ4v) is 2.03. The summed E-state index contributed by atoms with van der Waals surface area (Å²) in [5.74, 6) is -0.426. The van der Waals surface area contributed by atoms with E-state index in [2.05, 4.69) is 0 Å². The summed E-state index contributed by atoms with van der Waals surface area (Å²) >= 11 is 0. The lowest BCUT2D eigenvalue weighted by molar-refractivity contribution is 0.0706. The van der Waals surface area contributed by atoms with Gasteiger partial charge >= 0.3 is 0 Å². The number of amides is 1. The van der Waals surface area contributed by atoms with E-state index in [1.807, 2.05) is 0 Å². The van der Waals surface area contributed by atoms with Crippen LogP contribution in [0.1, 0.15) is 10.4 Å². The molecule has 3 rings (SSSR count). The zero-order valence-corrected chi connectivity index (χ0v) is 10.3. The fraction of sp³-hybridized carbons (Fsp3) is 0. The SMILES string of the molecule is O=C(NO)c1ccc2oc(-c3cccc(F)c3)cc2c1. The average molecular weight is 271 g/mol. The molecule has 100 valence electrons. The van der Waals surface area contributed by atoms with Gasteiger partial charge in [0.2, 0.25) is 0 Å². The van der Waals surface area contributed by atoms with E-state index in [9.17, 15) is 9.18 Å². The Morgan fingerprint density at radius 3 is 2.75 bits per heavy atom. The van der Waals surface area contributed by atoms with Crippen molar-refractivity contribution in [1.82, 2.24) is 5.48 Å². The first-order valence-electron chi connectivity index (χ1n) is 5.91. The Hall–Kier alpha value is -2.66. The number of furan rings is 1. The maximum absolute atomic E-state index is 13.2. The van der Waals surface area contributed by atoms with Crippen molar-refractivity contribution >= 4 is 16.9 Å². The Labute approximate surface area is 113 Å². The van der Waals surface area contributed by atoms with E-state index in [1.165, 1.54) is 18.2 Å². The van der Waals surface area contributed by atoms with Crippen molar-refractivity contribution in [2.45, 2.75) is 0 Å². The summed E-state index contributed by atoms with van der Waals surface area (Å²) in [7, 11) is 0. The number of fused-ring (bicyclic) bond motifs is 1. The Morgan fingerprint density at radius 1 is 1.15 bits per heavy atom. The predicted molar refractivity (Wildman–Crippen MR) is 70.9 cm³/mol. The summed E-state index contributed by atoms with van der Waals surface area (Å²) in [4.78, 5) is 11.3. The molecule has 0 unspecified atom stereocenters. The normalized spacial score (nSPS) is 10.7. The number of hydrogen-bond acceptors (Lipinski definition) is 3. The van der Waals surface area contributed by atoms with Crippen LogP contribution in [-0.2, 0) is 0 Å². The number of halogens is 1. The van der Waals surface area contributed by atoms with Crippen molar-refractivity contribution in [3.8, 4) is 11.3 Å². The minimum absolute atomic E-state index is 0.312. The summed E-state index contributed by atoms with van der Waals surface area (Å²) in [6.45, 7) is 0. The Morgan fingerprint density at radius 2 is 2.00 bits per heavy atom. The standard InChI is InChI=1S/C15H10FNO3/c16-12-3-1-2-9(7-12)14-8-11-6-10(15(18)17-19)4-5-13(11)20-14/h1-8,19H,(H,17,18). The molecule has 20 heavy (non-hydrogen) atoms. The van der Waals surface area contributed by atoms with Crippen LogP contribution in [0.3, 0.4) is 0 Å². The van der Waals surface area contributed by atoms with Gasteiger partial charge in [0.25, 0.3) is 5.91 Å². The van der Waals surface area contributed by atoms with E-state index in [-0.39, 0.29) is 5.82 Å². The predicted octanol–water partition coefficient (Wildman–Crippen LogP) is 3.36. The molecule has 0 bridgehead atoms. The van der Waals surface area contributed by atoms with Gasteiger partial charge in [-0.15, -0.1) is 0 Å². The van der Waals surface area contributed by atoms with Crippen LogP contribution in [0.15, 0.2) is 52.9 Å². The summed E-state index contributed by atoms with van der Waals surface area (Å²) in [5.41, 5.74) is 3.09. The highest BCUT2D eigenvalue weighted by Gasteiger charge is 2.10. The highest BCUT2D eigenvalue weighted by molar-refractivity contribution is 5.97. The summed E-state index contributed by atoms with van der Waals surface area (Å²) in [5, 5.41) is 9.31. The first kappa shape index (κ1) is 12.4. The van der Waals surface area contributed by atoms with Crippen LogP contribution >= 0.6 is 0 Å². The first-order chi connectivity index (χ1) is 9.67. The molecule has 2 aromatic carbocycles. The van der Waals surface area contributed by atoms with Gasteiger partial charge in [-0.2, -0.15) is 0 Å². The van der Waals surface area contributed by atoms with Crippen LogP contribution in [0.5, 0.6) is 0 Å². The monoisotopic (exact) mass is 271 g/mol. The van der Waals surface area contributed by atoms with Crippen LogP contribution in [0, 0.1) is 5.82 Å². The van der Waals surface area contributed by atoms with Crippen LogP contribution < -0.4 is 5.48 Å². The van der Waals surface area contributed by atoms with E-state index >= 15 is 0 Å². The van der Waals surface area contributed by atoms with Gasteiger partial charge in [0.1, 0.15) is 17.2 Å². The van der Waals surface area contributed by atoms with Crippen LogP contribution in [-0.4, -0.2) is 11.1 Å². The fourth-order valence-electron chi connectivity index (χ4n) is 2.03. The van der Waals surface area contributed by atoms with Crippen LogP contribution in [0.25, 0.3) is 22.3 Å². The molecule has 0 fully saturated rings. The molecule has 3 aromatic rings. The van der Waals surface area contributed by atoms with Crippen molar-refractivity contribution in [1.29, 1.82) is 0 Å². The minimum Gasteiger partial charge on any atom is -0.456 e. The van der Waals surface area contributed by atoms with E-state index < -0.39 is 5.91 Å². The second-order valence-electron chi connectivity index (χ2n) is 4.31. The molecule has 0 saturated heterocycles. The minimum atomic E-state index is -0.597. The number of nitrogens with one attached hydrogen (secondary N) is 1. The van der Waals surface area contributed by atoms with Gasteiger partial charge in [0.15, 0.2) is 0 Å². The van der Waals surface area contributed by atoms with Crippen molar-refractivity contribution in [3.05, 3.63) is 59.9 Å². The molecule has 0 aliphatic carbocycles. The van der Waals surface area contributed by atoms with Crippen molar-refractivity contribution in [3.63, 3.8) is 0 Å². The van der Waals surface area contributed by atoms with Gasteiger partial charge in [-0.3, -0.25) is 10.0 Å². The van der Waals surface area contributed by atoms with E-state index in [4.69, 9.17) is 9.62 Å². The molecule has 1 aromatic heterocycles. The van der Waals surface area contributed by atoms with E-state index in [0.29, 0.717) is 27.9 Å². The lowest BCUT2D eigenvalue weighted by atomic mass is 10.1. The molecule has 0 aliphatic rings. The molecule has 0 radical (unpaired) electrons. The Balaban J connectivity index is 2.09. The third-order valence-corrected chi connectivity index (χ3v) is 2.99. The molecule has 1 amide bonds. The zero-order chi connectivity index (χ0) is 14.1. The van der Waals surface area contributed by atoms with Gasteiger partial charge in [0.05, 0.1) is 0 Å². The topological polar surface area (TPSA) is 62.5 Å². The quantitative estimate of drug-likeness (QED) is 0.555. The number of hydroxylamine groups is 1. The molecule has 5 heteroatoms. The summed E-state index contributed by atoms with van der Waals surface area (Å²) < 4.78 is 18.8. The van der Waals surface area contributed by atoms with Gasteiger partial charge in [-0.1, -0.05) is 12.1 Å². The number of rotatable bonds is 2. The maximum Gasteiger partial charge on any atom is 0.274 e. The summed E-state index contributed by atoms with van der Waals surface area (Å²) in [6, 6.07) is 12.5. The lowest BCUT2D eigenvalue weighted by Crippen LogP contribution is -2.18. The summed E-state index contributed by atoms with van der Waals surface area (Å²) in [6.07, 6.45) is 0. The molecule has 0 saturated carbocycles. The number of benzene rings is 2. The number of hydrogen-bond donors (Lipinski definition) is 2. The van der Waals surface area contributed by atoms with Crippen molar-refractivity contribution < 1.29 is 18.8 Å². The van der Waals surface area contributed by atoms with Gasteiger partial charge < -0.3 is 4.42 Å². The third kappa shape index (κ3) is 2.15. The highest BCUT2D eigenvalue weighted by Crippen LogP contribution is 2.28. The molecular weight excluding hydrogens is 261 g/mol. The molecule has 2 N–H and O–H groups in total. The maximum atomic E-state index is 13.2. The number of carbonyl (C=O) groups is 1. The van der Waals surface area contributed by atoms with Crippen molar-refractivity contribution in [2.24, 2.45) is 0 Å². The molecule has 0 spiro atoms. The Kier molecular flexibility index (Phi) is 2.96. The number of carbonyl (C=O) groups excluding carboxylic acids is 1. The van der Waals surface area contributed by atoms with Crippen LogP contribution in [0.2, 0.25) is 0 Å². The van der Waals surface area contributed by atoms with Crippen LogP contribution in [0.4, 0.5) is 4.39 Å². The molecular formula is C15H10FNO3. The second kappa shape index (κ2) is 4.79. The van der Waals surface area contributed by atoms with Crippen molar-refractivity contribution in [2.75, 3.05) is 0 Å². The van der Waals surface area contributed by atoms with Gasteiger partial charge in [0, 0.05) is 16.5 Å². The lowest BCUT2D eigenvalue weighted by Gasteiger charge is -1.97. The molecule has 0 aliphatic heterocycles. The largest absolute Gasteiger partial charge is 0.456 e. The van der Waals surface area contributed by atoms with Gasteiger partial charge in [-0.25, -0.2) is 9.87 Å². The molecule has 4 nitrogen and oxygen atoms in total. The average Bonchev–Trinajstić information content (AvgIpc) is 2.89. The first-order valence-corrected chi connectivity index (χ1v) is 5.91. The highest BCUT2D eigenvalue weighted by atomic mass is 19.1. The second-order valence-corrected chi connectivity index (χ2v) is 4.31. The van der Waals surface area contributed by atoms with E-state index in [1.54, 1.807) is 35.8 Å². The van der Waals surface area contributed by atoms with Gasteiger partial charge in [-0.05, 0) is 36.4 Å². The third-order valence-electron chi connectivity index (χ3n) is 2.99. The molecule has 1 heterocycles. The zero-order valence-electron chi connectivity index (χ0n) is 10.3. The molecule has 0 atom stereocenters. The van der Waals surface area contributed by atoms with E-state index in [0.717, 1.165) is 0 Å².